The fourth-order valence-corrected chi connectivity index (χ4v) is 0.825. The van der Waals surface area contributed by atoms with E-state index in [1.54, 1.807) is 27.7 Å². The highest BCUT2D eigenvalue weighted by Gasteiger charge is 2.14. The number of hydrogen-bond acceptors (Lipinski definition) is 4. The van der Waals surface area contributed by atoms with Crippen LogP contribution in [0.1, 0.15) is 34.1 Å². The first-order valence-corrected chi connectivity index (χ1v) is 4.90. The minimum absolute atomic E-state index is 0.0794. The number of hydrogen-bond donors (Lipinski definition) is 0. The van der Waals surface area contributed by atoms with Crippen LogP contribution in [-0.2, 0) is 19.1 Å². The standard InChI is InChI=1S/C11H18O4/c1-5-14-9(12)7-6-8-10(13)15-11(2,3)4/h6-7H,5,8H2,1-4H3/b7-6+. The molecule has 0 heterocycles. The fraction of sp³-hybridized carbons (Fsp3) is 0.636. The minimum Gasteiger partial charge on any atom is -0.463 e. The zero-order valence-electron chi connectivity index (χ0n) is 9.70. The van der Waals surface area contributed by atoms with Crippen LogP contribution in [0, 0.1) is 0 Å². The summed E-state index contributed by atoms with van der Waals surface area (Å²) >= 11 is 0. The van der Waals surface area contributed by atoms with Crippen LogP contribution < -0.4 is 0 Å². The zero-order valence-corrected chi connectivity index (χ0v) is 9.70. The predicted molar refractivity (Wildman–Crippen MR) is 56.2 cm³/mol. The Hall–Kier alpha value is -1.32. The normalized spacial score (nSPS) is 11.5. The second-order valence-electron chi connectivity index (χ2n) is 3.94. The van der Waals surface area contributed by atoms with Crippen molar-refractivity contribution >= 4 is 11.9 Å². The van der Waals surface area contributed by atoms with Gasteiger partial charge in [-0.25, -0.2) is 4.79 Å². The molecule has 0 aliphatic heterocycles. The monoisotopic (exact) mass is 214 g/mol. The zero-order chi connectivity index (χ0) is 11.9. The summed E-state index contributed by atoms with van der Waals surface area (Å²) in [6.45, 7) is 7.43. The summed E-state index contributed by atoms with van der Waals surface area (Å²) < 4.78 is 9.68. The lowest BCUT2D eigenvalue weighted by Gasteiger charge is -2.18. The van der Waals surface area contributed by atoms with E-state index < -0.39 is 11.6 Å². The Morgan fingerprint density at radius 3 is 2.33 bits per heavy atom. The summed E-state index contributed by atoms with van der Waals surface area (Å²) in [5.41, 5.74) is -0.491. The molecule has 0 aromatic rings. The quantitative estimate of drug-likeness (QED) is 0.529. The van der Waals surface area contributed by atoms with E-state index in [4.69, 9.17) is 4.74 Å². The van der Waals surface area contributed by atoms with Crippen LogP contribution in [0.4, 0.5) is 0 Å². The van der Waals surface area contributed by atoms with E-state index in [1.807, 2.05) is 0 Å². The SMILES string of the molecule is CCOC(=O)/C=C/CC(=O)OC(C)(C)C. The third-order valence-corrected chi connectivity index (χ3v) is 1.25. The topological polar surface area (TPSA) is 52.6 Å². The van der Waals surface area contributed by atoms with E-state index in [-0.39, 0.29) is 12.4 Å². The van der Waals surface area contributed by atoms with Crippen molar-refractivity contribution in [1.29, 1.82) is 0 Å². The maximum Gasteiger partial charge on any atom is 0.330 e. The summed E-state index contributed by atoms with van der Waals surface area (Å²) in [5, 5.41) is 0. The molecule has 0 aliphatic rings. The average Bonchev–Trinajstić information content (AvgIpc) is 2.00. The highest BCUT2D eigenvalue weighted by Crippen LogP contribution is 2.08. The van der Waals surface area contributed by atoms with Crippen LogP contribution in [0.15, 0.2) is 12.2 Å². The van der Waals surface area contributed by atoms with Gasteiger partial charge in [0, 0.05) is 6.08 Å². The Morgan fingerprint density at radius 2 is 1.87 bits per heavy atom. The molecule has 4 nitrogen and oxygen atoms in total. The van der Waals surface area contributed by atoms with E-state index in [1.165, 1.54) is 12.2 Å². The Kier molecular flexibility index (Phi) is 5.67. The van der Waals surface area contributed by atoms with Gasteiger partial charge < -0.3 is 9.47 Å². The summed E-state index contributed by atoms with van der Waals surface area (Å²) in [6, 6.07) is 0. The van der Waals surface area contributed by atoms with Gasteiger partial charge in [0.15, 0.2) is 0 Å². The average molecular weight is 214 g/mol. The Morgan fingerprint density at radius 1 is 1.27 bits per heavy atom. The molecule has 86 valence electrons. The lowest BCUT2D eigenvalue weighted by molar-refractivity contribution is -0.153. The van der Waals surface area contributed by atoms with Crippen molar-refractivity contribution in [3.8, 4) is 0 Å². The number of rotatable bonds is 4. The molecular formula is C11H18O4. The number of ether oxygens (including phenoxy) is 2. The predicted octanol–water partition coefficient (Wildman–Crippen LogP) is 1.84. The van der Waals surface area contributed by atoms with Crippen LogP contribution in [0.25, 0.3) is 0 Å². The van der Waals surface area contributed by atoms with Gasteiger partial charge in [-0.1, -0.05) is 6.08 Å². The largest absolute Gasteiger partial charge is 0.463 e. The van der Waals surface area contributed by atoms with Crippen molar-refractivity contribution in [2.75, 3.05) is 6.61 Å². The van der Waals surface area contributed by atoms with Crippen molar-refractivity contribution in [3.63, 3.8) is 0 Å². The number of esters is 2. The van der Waals surface area contributed by atoms with Gasteiger partial charge in [-0.2, -0.15) is 0 Å². The molecule has 0 fully saturated rings. The van der Waals surface area contributed by atoms with Crippen LogP contribution in [-0.4, -0.2) is 24.1 Å². The molecule has 0 rings (SSSR count). The molecule has 0 amide bonds. The van der Waals surface area contributed by atoms with E-state index in [2.05, 4.69) is 4.74 Å². The van der Waals surface area contributed by atoms with Gasteiger partial charge in [0.05, 0.1) is 13.0 Å². The maximum atomic E-state index is 11.2. The third-order valence-electron chi connectivity index (χ3n) is 1.25. The molecular weight excluding hydrogens is 196 g/mol. The Balaban J connectivity index is 3.86. The summed E-state index contributed by atoms with van der Waals surface area (Å²) in [6.07, 6.45) is 2.75. The van der Waals surface area contributed by atoms with Gasteiger partial charge in [0.25, 0.3) is 0 Å². The van der Waals surface area contributed by atoms with Crippen LogP contribution in [0.2, 0.25) is 0 Å². The van der Waals surface area contributed by atoms with Crippen LogP contribution in [0.5, 0.6) is 0 Å². The fourth-order valence-electron chi connectivity index (χ4n) is 0.825. The van der Waals surface area contributed by atoms with Gasteiger partial charge in [0.2, 0.25) is 0 Å². The van der Waals surface area contributed by atoms with Gasteiger partial charge in [0.1, 0.15) is 5.60 Å². The molecule has 0 aliphatic carbocycles. The third kappa shape index (κ3) is 9.00. The summed E-state index contributed by atoms with van der Waals surface area (Å²) in [7, 11) is 0. The summed E-state index contributed by atoms with van der Waals surface area (Å²) in [5.74, 6) is -0.802. The highest BCUT2D eigenvalue weighted by atomic mass is 16.6. The molecule has 0 aromatic heterocycles. The number of carbonyl (C=O) groups excluding carboxylic acids is 2. The van der Waals surface area contributed by atoms with Crippen LogP contribution in [0.3, 0.4) is 0 Å². The lowest BCUT2D eigenvalue weighted by atomic mass is 10.2. The first-order valence-electron chi connectivity index (χ1n) is 4.90. The van der Waals surface area contributed by atoms with Crippen molar-refractivity contribution in [1.82, 2.24) is 0 Å². The highest BCUT2D eigenvalue weighted by molar-refractivity contribution is 5.83. The second kappa shape index (κ2) is 6.22. The second-order valence-corrected chi connectivity index (χ2v) is 3.94. The van der Waals surface area contributed by atoms with Gasteiger partial charge in [-0.05, 0) is 27.7 Å². The molecule has 0 atom stereocenters. The van der Waals surface area contributed by atoms with E-state index in [9.17, 15) is 9.59 Å². The minimum atomic E-state index is -0.491. The summed E-state index contributed by atoms with van der Waals surface area (Å²) in [4.78, 5) is 22.0. The van der Waals surface area contributed by atoms with Gasteiger partial charge in [-0.15, -0.1) is 0 Å². The van der Waals surface area contributed by atoms with Crippen molar-refractivity contribution in [2.45, 2.75) is 39.7 Å². The molecule has 0 bridgehead atoms. The molecule has 0 saturated heterocycles. The van der Waals surface area contributed by atoms with Crippen molar-refractivity contribution in [3.05, 3.63) is 12.2 Å². The van der Waals surface area contributed by atoms with Crippen molar-refractivity contribution in [2.24, 2.45) is 0 Å². The van der Waals surface area contributed by atoms with E-state index >= 15 is 0 Å². The smallest absolute Gasteiger partial charge is 0.330 e. The van der Waals surface area contributed by atoms with Crippen LogP contribution >= 0.6 is 0 Å². The maximum absolute atomic E-state index is 11.2. The molecule has 0 N–H and O–H groups in total. The van der Waals surface area contributed by atoms with E-state index in [0.29, 0.717) is 6.61 Å². The molecule has 0 unspecified atom stereocenters. The molecule has 4 heteroatoms. The lowest BCUT2D eigenvalue weighted by Crippen LogP contribution is -2.23. The molecule has 0 saturated carbocycles. The first-order chi connectivity index (χ1) is 6.85. The Bertz CT molecular complexity index is 248. The number of carbonyl (C=O) groups is 2. The molecule has 0 aromatic carbocycles. The van der Waals surface area contributed by atoms with E-state index in [0.717, 1.165) is 0 Å². The molecule has 0 radical (unpaired) electrons. The first kappa shape index (κ1) is 13.7. The molecule has 15 heavy (non-hydrogen) atoms. The van der Waals surface area contributed by atoms with Gasteiger partial charge >= 0.3 is 11.9 Å². The Labute approximate surface area is 90.2 Å². The van der Waals surface area contributed by atoms with Gasteiger partial charge in [-0.3, -0.25) is 4.79 Å². The molecule has 0 spiro atoms. The van der Waals surface area contributed by atoms with Crippen molar-refractivity contribution < 1.29 is 19.1 Å².